The van der Waals surface area contributed by atoms with E-state index in [4.69, 9.17) is 21.1 Å². The second-order valence-electron chi connectivity index (χ2n) is 10.6. The smallest absolute Gasteiger partial charge is 0.338 e. The highest BCUT2D eigenvalue weighted by Gasteiger charge is 2.16. The number of hydrogen-bond donors (Lipinski definition) is 3. The average molecular weight is 651 g/mol. The van der Waals surface area contributed by atoms with Gasteiger partial charge in [-0.2, -0.15) is 0 Å². The van der Waals surface area contributed by atoms with Crippen LogP contribution in [0.5, 0.6) is 0 Å². The largest absolute Gasteiger partial charge is 0.462 e. The maximum absolute atomic E-state index is 12.1. The predicted molar refractivity (Wildman–Crippen MR) is 184 cm³/mol. The van der Waals surface area contributed by atoms with Crippen molar-refractivity contribution in [1.29, 1.82) is 0 Å². The van der Waals surface area contributed by atoms with Crippen molar-refractivity contribution in [3.63, 3.8) is 0 Å². The molecule has 7 aromatic rings. The van der Waals surface area contributed by atoms with E-state index in [2.05, 4.69) is 35.2 Å². The zero-order chi connectivity index (χ0) is 33.1. The monoisotopic (exact) mass is 650 g/mol. The molecule has 0 amide bonds. The number of aromatic nitrogens is 6. The number of hydrogen-bond acceptors (Lipinski definition) is 10. The number of nitrogens with zero attached hydrogens (tertiary/aromatic N) is 5. The quantitative estimate of drug-likeness (QED) is 0.121. The van der Waals surface area contributed by atoms with Crippen LogP contribution >= 0.6 is 11.6 Å². The number of carbonyl (C=O) groups excluding carboxylic acids is 2. The van der Waals surface area contributed by atoms with Crippen molar-refractivity contribution in [1.82, 2.24) is 29.9 Å². The zero-order valence-corrected chi connectivity index (χ0v) is 26.8. The number of nitrogens with one attached hydrogen (secondary N) is 3. The van der Waals surface area contributed by atoms with E-state index in [1.165, 1.54) is 12.7 Å². The number of halogens is 1. The summed E-state index contributed by atoms with van der Waals surface area (Å²) in [5, 5.41) is 6.95. The van der Waals surface area contributed by atoms with E-state index in [0.717, 1.165) is 38.6 Å². The molecule has 7 rings (SSSR count). The maximum Gasteiger partial charge on any atom is 0.338 e. The highest BCUT2D eigenvalue weighted by Crippen LogP contribution is 2.32. The zero-order valence-electron chi connectivity index (χ0n) is 26.1. The minimum absolute atomic E-state index is 0.337. The third kappa shape index (κ3) is 6.36. The van der Waals surface area contributed by atoms with E-state index >= 15 is 0 Å². The van der Waals surface area contributed by atoms with Gasteiger partial charge in [-0.3, -0.25) is 0 Å². The number of aromatic amines is 2. The Morgan fingerprint density at radius 1 is 0.745 bits per heavy atom. The molecule has 0 aliphatic heterocycles. The molecule has 4 heterocycles. The van der Waals surface area contributed by atoms with Gasteiger partial charge < -0.3 is 29.7 Å². The summed E-state index contributed by atoms with van der Waals surface area (Å²) < 4.78 is 10.1. The van der Waals surface area contributed by atoms with Crippen molar-refractivity contribution >= 4 is 84.6 Å². The Bertz CT molecular complexity index is 2250. The lowest BCUT2D eigenvalue weighted by Crippen LogP contribution is -2.08. The Morgan fingerprint density at radius 3 is 1.83 bits per heavy atom. The molecule has 13 heteroatoms. The lowest BCUT2D eigenvalue weighted by Gasteiger charge is -2.13. The van der Waals surface area contributed by atoms with Gasteiger partial charge in [0.1, 0.15) is 34.9 Å². The second-order valence-corrected chi connectivity index (χ2v) is 11.0. The summed E-state index contributed by atoms with van der Waals surface area (Å²) in [5.41, 5.74) is 6.11. The Labute approximate surface area is 274 Å². The summed E-state index contributed by atoms with van der Waals surface area (Å²) in [6, 6.07) is 18.7. The van der Waals surface area contributed by atoms with Crippen molar-refractivity contribution in [2.45, 2.75) is 13.8 Å². The van der Waals surface area contributed by atoms with Crippen LogP contribution in [0.2, 0.25) is 5.15 Å². The van der Waals surface area contributed by atoms with Gasteiger partial charge >= 0.3 is 11.9 Å². The molecular weight excluding hydrogens is 620 g/mol. The van der Waals surface area contributed by atoms with E-state index in [0.29, 0.717) is 52.0 Å². The minimum Gasteiger partial charge on any atom is -0.462 e. The molecular formula is C34H31ClN8O4. The average Bonchev–Trinajstić information content (AvgIpc) is 3.64. The first kappa shape index (κ1) is 31.2. The summed E-state index contributed by atoms with van der Waals surface area (Å²) in [5.74, 6) is -0.0223. The lowest BCUT2D eigenvalue weighted by atomic mass is 10.1. The Hall–Kier alpha value is -5.75. The van der Waals surface area contributed by atoms with Gasteiger partial charge in [-0.25, -0.2) is 29.5 Å². The summed E-state index contributed by atoms with van der Waals surface area (Å²) in [4.78, 5) is 49.2. The number of carbonyl (C=O) groups is 2. The molecule has 0 atom stereocenters. The van der Waals surface area contributed by atoms with E-state index < -0.39 is 0 Å². The molecule has 3 aromatic carbocycles. The predicted octanol–water partition coefficient (Wildman–Crippen LogP) is 7.04. The van der Waals surface area contributed by atoms with E-state index in [-0.39, 0.29) is 11.9 Å². The van der Waals surface area contributed by atoms with Crippen LogP contribution in [0.4, 0.5) is 17.2 Å². The topological polar surface area (TPSA) is 151 Å². The van der Waals surface area contributed by atoms with Gasteiger partial charge in [-0.15, -0.1) is 0 Å². The molecule has 3 N–H and O–H groups in total. The molecule has 0 radical (unpaired) electrons. The first-order valence-electron chi connectivity index (χ1n) is 14.8. The Balaban J connectivity index is 0.000000177. The first-order chi connectivity index (χ1) is 22.8. The van der Waals surface area contributed by atoms with Crippen molar-refractivity contribution < 1.29 is 19.1 Å². The molecule has 0 saturated heterocycles. The van der Waals surface area contributed by atoms with Gasteiger partial charge in [0.2, 0.25) is 0 Å². The molecule has 0 aliphatic rings. The molecule has 0 unspecified atom stereocenters. The number of H-pyrrole nitrogens is 2. The van der Waals surface area contributed by atoms with Crippen LogP contribution < -0.4 is 10.2 Å². The van der Waals surface area contributed by atoms with Crippen LogP contribution in [-0.2, 0) is 9.47 Å². The number of rotatable bonds is 7. The summed E-state index contributed by atoms with van der Waals surface area (Å²) in [7, 11) is 4.01. The standard InChI is InChI=1S/C21H21N5O2.C13H10ClN3O2/c1-4-28-21(27)13-5-10-17-16(11-13)18-19(22-12-23-20(18)25-17)24-14-6-8-15(9-7-14)26(2)3;1-2-19-13(18)7-3-4-9-8(5-7)10-11(14)15-6-16-12(10)17-9/h5-12H,4H2,1-3H3,(H2,22,23,24,25);3-6H,2H2,1H3,(H,15,16,17). The third-order valence-electron chi connectivity index (χ3n) is 7.40. The van der Waals surface area contributed by atoms with Gasteiger partial charge in [0.05, 0.1) is 35.1 Å². The van der Waals surface area contributed by atoms with E-state index in [1.807, 2.05) is 55.4 Å². The van der Waals surface area contributed by atoms with Crippen LogP contribution in [0.25, 0.3) is 43.9 Å². The fraction of sp³-hybridized carbons (Fsp3) is 0.176. The van der Waals surface area contributed by atoms with Gasteiger partial charge in [0, 0.05) is 47.3 Å². The SMILES string of the molecule is CCOC(=O)c1ccc2[nH]c3ncnc(Cl)c3c2c1.CCOC(=O)c1ccc2[nH]c3ncnc(Nc4ccc(N(C)C)cc4)c3c2c1. The molecule has 4 aromatic heterocycles. The molecule has 0 fully saturated rings. The van der Waals surface area contributed by atoms with Crippen LogP contribution in [0.1, 0.15) is 34.6 Å². The normalized spacial score (nSPS) is 11.0. The van der Waals surface area contributed by atoms with Gasteiger partial charge in [-0.1, -0.05) is 11.6 Å². The van der Waals surface area contributed by atoms with Gasteiger partial charge in [-0.05, 0) is 74.5 Å². The number of benzene rings is 3. The van der Waals surface area contributed by atoms with Crippen LogP contribution in [-0.4, -0.2) is 69.2 Å². The van der Waals surface area contributed by atoms with Gasteiger partial charge in [0.15, 0.2) is 0 Å². The number of ether oxygens (including phenoxy) is 2. The molecule has 47 heavy (non-hydrogen) atoms. The molecule has 0 saturated carbocycles. The van der Waals surface area contributed by atoms with Crippen LogP contribution in [0.3, 0.4) is 0 Å². The van der Waals surface area contributed by atoms with Crippen molar-refractivity contribution in [3.8, 4) is 0 Å². The summed E-state index contributed by atoms with van der Waals surface area (Å²) in [6.07, 6.45) is 2.91. The molecule has 0 bridgehead atoms. The van der Waals surface area contributed by atoms with E-state index in [9.17, 15) is 9.59 Å². The lowest BCUT2D eigenvalue weighted by molar-refractivity contribution is 0.0517. The van der Waals surface area contributed by atoms with Crippen LogP contribution in [0.15, 0.2) is 73.3 Å². The number of anilines is 3. The van der Waals surface area contributed by atoms with Gasteiger partial charge in [0.25, 0.3) is 0 Å². The maximum atomic E-state index is 12.1. The Kier molecular flexibility index (Phi) is 8.85. The Morgan fingerprint density at radius 2 is 1.28 bits per heavy atom. The van der Waals surface area contributed by atoms with Crippen molar-refractivity contribution in [2.24, 2.45) is 0 Å². The molecule has 0 aliphatic carbocycles. The van der Waals surface area contributed by atoms with Crippen LogP contribution in [0, 0.1) is 0 Å². The van der Waals surface area contributed by atoms with E-state index in [1.54, 1.807) is 38.1 Å². The summed E-state index contributed by atoms with van der Waals surface area (Å²) >= 11 is 6.08. The fourth-order valence-corrected chi connectivity index (χ4v) is 5.40. The summed E-state index contributed by atoms with van der Waals surface area (Å²) in [6.45, 7) is 4.24. The fourth-order valence-electron chi connectivity index (χ4n) is 5.17. The molecule has 0 spiro atoms. The minimum atomic E-state index is -0.355. The first-order valence-corrected chi connectivity index (χ1v) is 15.2. The highest BCUT2D eigenvalue weighted by molar-refractivity contribution is 6.36. The third-order valence-corrected chi connectivity index (χ3v) is 7.69. The van der Waals surface area contributed by atoms with Crippen molar-refractivity contribution in [3.05, 3.63) is 89.6 Å². The molecule has 12 nitrogen and oxygen atoms in total. The number of fused-ring (bicyclic) bond motifs is 6. The highest BCUT2D eigenvalue weighted by atomic mass is 35.5. The van der Waals surface area contributed by atoms with Crippen molar-refractivity contribution in [2.75, 3.05) is 37.5 Å². The number of esters is 2. The second kappa shape index (κ2) is 13.3. The molecule has 238 valence electrons.